The number of carbonyl (C=O) groups excluding carboxylic acids is 1. The predicted octanol–water partition coefficient (Wildman–Crippen LogP) is 5.18. The van der Waals surface area contributed by atoms with E-state index >= 15 is 0 Å². The van der Waals surface area contributed by atoms with Gasteiger partial charge in [-0.25, -0.2) is 0 Å². The van der Waals surface area contributed by atoms with Crippen LogP contribution < -0.4 is 5.32 Å². The van der Waals surface area contributed by atoms with Crippen molar-refractivity contribution < 1.29 is 4.79 Å². The molecule has 2 heteroatoms. The molecule has 0 fully saturated rings. The van der Waals surface area contributed by atoms with E-state index in [0.717, 1.165) is 29.7 Å². The van der Waals surface area contributed by atoms with E-state index in [2.05, 4.69) is 56.4 Å². The summed E-state index contributed by atoms with van der Waals surface area (Å²) in [6, 6.07) is 16.4. The lowest BCUT2D eigenvalue weighted by atomic mass is 9.85. The van der Waals surface area contributed by atoms with E-state index in [1.807, 2.05) is 18.2 Å². The van der Waals surface area contributed by atoms with E-state index < -0.39 is 0 Å². The number of rotatable bonds is 5. The Balaban J connectivity index is 1.85. The molecule has 0 unspecified atom stereocenters. The first-order valence-corrected chi connectivity index (χ1v) is 9.20. The van der Waals surface area contributed by atoms with Gasteiger partial charge in [-0.15, -0.1) is 0 Å². The average Bonchev–Trinajstić information content (AvgIpc) is 2.59. The number of ketones is 1. The van der Waals surface area contributed by atoms with Crippen LogP contribution >= 0.6 is 0 Å². The van der Waals surface area contributed by atoms with Crippen LogP contribution in [-0.2, 0) is 12.8 Å². The van der Waals surface area contributed by atoms with Gasteiger partial charge in [-0.2, -0.15) is 0 Å². The number of unbranched alkanes of at least 4 members (excludes halogenated alkanes) is 1. The SMILES string of the molecule is CCCCc1ccc(C(=O)/C=C2\NC(C)(C)Cc3ccccc32)cc1. The van der Waals surface area contributed by atoms with Crippen molar-refractivity contribution in [2.45, 2.75) is 52.0 Å². The molecule has 0 aliphatic carbocycles. The van der Waals surface area contributed by atoms with Crippen LogP contribution in [0.2, 0.25) is 0 Å². The fourth-order valence-electron chi connectivity index (χ4n) is 3.43. The molecule has 1 N–H and O–H groups in total. The Morgan fingerprint density at radius 2 is 1.84 bits per heavy atom. The summed E-state index contributed by atoms with van der Waals surface area (Å²) in [6.07, 6.45) is 6.16. The van der Waals surface area contributed by atoms with Gasteiger partial charge < -0.3 is 5.32 Å². The van der Waals surface area contributed by atoms with Crippen molar-refractivity contribution in [2.24, 2.45) is 0 Å². The van der Waals surface area contributed by atoms with Crippen LogP contribution in [0.3, 0.4) is 0 Å². The molecule has 0 aromatic heterocycles. The summed E-state index contributed by atoms with van der Waals surface area (Å²) >= 11 is 0. The van der Waals surface area contributed by atoms with Crippen LogP contribution in [0.1, 0.15) is 60.7 Å². The molecule has 3 rings (SSSR count). The molecule has 130 valence electrons. The summed E-state index contributed by atoms with van der Waals surface area (Å²) in [6.45, 7) is 6.54. The number of allylic oxidation sites excluding steroid dienone is 1. The molecule has 1 aliphatic rings. The maximum Gasteiger partial charge on any atom is 0.187 e. The Morgan fingerprint density at radius 3 is 2.56 bits per heavy atom. The van der Waals surface area contributed by atoms with Gasteiger partial charge in [0, 0.05) is 28.4 Å². The molecule has 2 aromatic carbocycles. The summed E-state index contributed by atoms with van der Waals surface area (Å²) in [7, 11) is 0. The molecule has 2 aromatic rings. The summed E-state index contributed by atoms with van der Waals surface area (Å²) in [4.78, 5) is 12.7. The monoisotopic (exact) mass is 333 g/mol. The molecule has 0 bridgehead atoms. The summed E-state index contributed by atoms with van der Waals surface area (Å²) in [5.74, 6) is 0.0528. The molecule has 0 radical (unpaired) electrons. The fourth-order valence-corrected chi connectivity index (χ4v) is 3.43. The molecule has 1 aliphatic heterocycles. The van der Waals surface area contributed by atoms with Gasteiger partial charge >= 0.3 is 0 Å². The van der Waals surface area contributed by atoms with Crippen LogP contribution in [0.5, 0.6) is 0 Å². The van der Waals surface area contributed by atoms with Gasteiger partial charge in [-0.05, 0) is 44.2 Å². The molecule has 0 saturated carbocycles. The second-order valence-corrected chi connectivity index (χ2v) is 7.57. The first-order chi connectivity index (χ1) is 12.0. The van der Waals surface area contributed by atoms with Crippen molar-refractivity contribution in [2.75, 3.05) is 0 Å². The first kappa shape index (κ1) is 17.5. The molecular weight excluding hydrogens is 306 g/mol. The second-order valence-electron chi connectivity index (χ2n) is 7.57. The first-order valence-electron chi connectivity index (χ1n) is 9.20. The van der Waals surface area contributed by atoms with Gasteiger partial charge in [0.1, 0.15) is 0 Å². The Hall–Kier alpha value is -2.35. The predicted molar refractivity (Wildman–Crippen MR) is 105 cm³/mol. The number of nitrogens with one attached hydrogen (secondary N) is 1. The standard InChI is InChI=1S/C23H27NO/c1-4-5-8-17-11-13-18(14-12-17)22(25)15-21-20-10-7-6-9-19(20)16-23(2,3)24-21/h6-7,9-15,24H,4-5,8,16H2,1-3H3/b21-15-. The molecule has 25 heavy (non-hydrogen) atoms. The van der Waals surface area contributed by atoms with Gasteiger partial charge in [0.2, 0.25) is 0 Å². The molecule has 1 heterocycles. The lowest BCUT2D eigenvalue weighted by molar-refractivity contribution is 0.104. The van der Waals surface area contributed by atoms with E-state index in [1.54, 1.807) is 6.08 Å². The summed E-state index contributed by atoms with van der Waals surface area (Å²) in [5.41, 5.74) is 5.34. The van der Waals surface area contributed by atoms with Crippen LogP contribution in [-0.4, -0.2) is 11.3 Å². The number of hydrogen-bond acceptors (Lipinski definition) is 2. The van der Waals surface area contributed by atoms with Gasteiger partial charge in [0.05, 0.1) is 0 Å². The third-order valence-corrected chi connectivity index (χ3v) is 4.75. The highest BCUT2D eigenvalue weighted by molar-refractivity contribution is 6.08. The van der Waals surface area contributed by atoms with Gasteiger partial charge in [-0.1, -0.05) is 61.9 Å². The fraction of sp³-hybridized carbons (Fsp3) is 0.348. The molecular formula is C23H27NO. The van der Waals surface area contributed by atoms with Crippen molar-refractivity contribution in [1.29, 1.82) is 0 Å². The Kier molecular flexibility index (Phi) is 5.08. The van der Waals surface area contributed by atoms with Crippen molar-refractivity contribution in [1.82, 2.24) is 5.32 Å². The molecule has 0 amide bonds. The van der Waals surface area contributed by atoms with Crippen LogP contribution in [0.15, 0.2) is 54.6 Å². The van der Waals surface area contributed by atoms with Crippen molar-refractivity contribution >= 4 is 11.5 Å². The maximum atomic E-state index is 12.7. The zero-order valence-electron chi connectivity index (χ0n) is 15.4. The quantitative estimate of drug-likeness (QED) is 0.603. The van der Waals surface area contributed by atoms with Crippen molar-refractivity contribution in [3.8, 4) is 0 Å². The van der Waals surface area contributed by atoms with Crippen LogP contribution in [0.25, 0.3) is 5.70 Å². The van der Waals surface area contributed by atoms with Crippen LogP contribution in [0, 0.1) is 0 Å². The minimum absolute atomic E-state index is 0.0511. The van der Waals surface area contributed by atoms with Gasteiger partial charge in [0.15, 0.2) is 5.78 Å². The normalized spacial score (nSPS) is 17.0. The summed E-state index contributed by atoms with van der Waals surface area (Å²) in [5, 5.41) is 3.53. The lowest BCUT2D eigenvalue weighted by Gasteiger charge is -2.35. The number of aryl methyl sites for hydroxylation is 1. The highest BCUT2D eigenvalue weighted by Gasteiger charge is 2.27. The highest BCUT2D eigenvalue weighted by atomic mass is 16.1. The lowest BCUT2D eigenvalue weighted by Crippen LogP contribution is -2.43. The smallest absolute Gasteiger partial charge is 0.187 e. The number of benzene rings is 2. The molecule has 0 spiro atoms. The Bertz CT molecular complexity index is 784. The van der Waals surface area contributed by atoms with E-state index in [-0.39, 0.29) is 11.3 Å². The molecule has 2 nitrogen and oxygen atoms in total. The molecule has 0 saturated heterocycles. The van der Waals surface area contributed by atoms with E-state index in [0.29, 0.717) is 0 Å². The molecule has 0 atom stereocenters. The second kappa shape index (κ2) is 7.26. The van der Waals surface area contributed by atoms with Crippen molar-refractivity contribution in [3.63, 3.8) is 0 Å². The highest BCUT2D eigenvalue weighted by Crippen LogP contribution is 2.29. The third kappa shape index (κ3) is 4.19. The van der Waals surface area contributed by atoms with Gasteiger partial charge in [0.25, 0.3) is 0 Å². The topological polar surface area (TPSA) is 29.1 Å². The largest absolute Gasteiger partial charge is 0.379 e. The zero-order chi connectivity index (χ0) is 17.9. The number of carbonyl (C=O) groups is 1. The number of fused-ring (bicyclic) bond motifs is 1. The van der Waals surface area contributed by atoms with E-state index in [1.165, 1.54) is 24.0 Å². The minimum atomic E-state index is -0.0511. The Labute approximate surface area is 151 Å². The van der Waals surface area contributed by atoms with Crippen molar-refractivity contribution in [3.05, 3.63) is 76.9 Å². The zero-order valence-corrected chi connectivity index (χ0v) is 15.4. The van der Waals surface area contributed by atoms with E-state index in [4.69, 9.17) is 0 Å². The summed E-state index contributed by atoms with van der Waals surface area (Å²) < 4.78 is 0. The van der Waals surface area contributed by atoms with Crippen LogP contribution in [0.4, 0.5) is 0 Å². The van der Waals surface area contributed by atoms with Gasteiger partial charge in [-0.3, -0.25) is 4.79 Å². The van der Waals surface area contributed by atoms with E-state index in [9.17, 15) is 4.79 Å². The maximum absolute atomic E-state index is 12.7. The third-order valence-electron chi connectivity index (χ3n) is 4.75. The Morgan fingerprint density at radius 1 is 1.12 bits per heavy atom. The average molecular weight is 333 g/mol. The minimum Gasteiger partial charge on any atom is -0.379 e. The number of hydrogen-bond donors (Lipinski definition) is 1.